The van der Waals surface area contributed by atoms with Gasteiger partial charge in [-0.15, -0.1) is 0 Å². The molecule has 1 fully saturated rings. The molecule has 4 nitrogen and oxygen atoms in total. The van der Waals surface area contributed by atoms with Gasteiger partial charge in [0.15, 0.2) is 5.78 Å². The highest BCUT2D eigenvalue weighted by Crippen LogP contribution is 2.24. The van der Waals surface area contributed by atoms with Crippen molar-refractivity contribution in [1.29, 1.82) is 0 Å². The van der Waals surface area contributed by atoms with Crippen molar-refractivity contribution in [1.82, 2.24) is 0 Å². The fourth-order valence-electron chi connectivity index (χ4n) is 2.30. The lowest BCUT2D eigenvalue weighted by Crippen LogP contribution is -2.19. The van der Waals surface area contributed by atoms with Crippen LogP contribution in [0.2, 0.25) is 0 Å². The molecule has 1 aromatic carbocycles. The smallest absolute Gasteiger partial charge is 0.337 e. The number of carbonyl (C=O) groups excluding carboxylic acids is 2. The van der Waals surface area contributed by atoms with E-state index in [1.165, 1.54) is 7.11 Å². The van der Waals surface area contributed by atoms with Crippen LogP contribution in [-0.2, 0) is 9.53 Å². The van der Waals surface area contributed by atoms with E-state index in [9.17, 15) is 9.59 Å². The van der Waals surface area contributed by atoms with Gasteiger partial charge in [0.25, 0.3) is 0 Å². The Morgan fingerprint density at radius 1 is 1.35 bits per heavy atom. The molecule has 1 saturated carbocycles. The van der Waals surface area contributed by atoms with Crippen molar-refractivity contribution in [3.8, 4) is 0 Å². The van der Waals surface area contributed by atoms with Gasteiger partial charge < -0.3 is 10.1 Å². The number of anilines is 1. The molecule has 106 valence electrons. The van der Waals surface area contributed by atoms with E-state index in [1.54, 1.807) is 30.5 Å². The van der Waals surface area contributed by atoms with E-state index in [0.717, 1.165) is 30.5 Å². The van der Waals surface area contributed by atoms with Gasteiger partial charge >= 0.3 is 5.97 Å². The van der Waals surface area contributed by atoms with Gasteiger partial charge in [-0.1, -0.05) is 6.92 Å². The van der Waals surface area contributed by atoms with Crippen LogP contribution in [0.5, 0.6) is 0 Å². The van der Waals surface area contributed by atoms with Gasteiger partial charge in [-0.3, -0.25) is 4.79 Å². The van der Waals surface area contributed by atoms with Gasteiger partial charge in [0.05, 0.1) is 12.7 Å². The summed E-state index contributed by atoms with van der Waals surface area (Å²) in [6.07, 6.45) is 4.65. The fraction of sp³-hybridized carbons (Fsp3) is 0.375. The van der Waals surface area contributed by atoms with Crippen LogP contribution in [0.1, 0.15) is 36.5 Å². The monoisotopic (exact) mass is 273 g/mol. The second-order valence-corrected chi connectivity index (χ2v) is 5.04. The number of Topliss-reactive ketones (excluding diaryl/α,β-unsaturated/α-hetero) is 1. The van der Waals surface area contributed by atoms with Crippen LogP contribution in [-0.4, -0.2) is 18.9 Å². The Labute approximate surface area is 118 Å². The number of hydrogen-bond donors (Lipinski definition) is 1. The van der Waals surface area contributed by atoms with Gasteiger partial charge in [-0.05, 0) is 43.5 Å². The molecule has 0 aromatic heterocycles. The average Bonchev–Trinajstić information content (AvgIpc) is 2.48. The molecule has 4 heteroatoms. The number of ether oxygens (including phenoxy) is 1. The average molecular weight is 273 g/mol. The number of rotatable bonds is 3. The highest BCUT2D eigenvalue weighted by atomic mass is 16.5. The number of ketones is 1. The van der Waals surface area contributed by atoms with E-state index in [1.807, 2.05) is 6.92 Å². The summed E-state index contributed by atoms with van der Waals surface area (Å²) in [4.78, 5) is 23.3. The molecule has 20 heavy (non-hydrogen) atoms. The molecule has 0 unspecified atom stereocenters. The van der Waals surface area contributed by atoms with Gasteiger partial charge in [0.1, 0.15) is 0 Å². The molecule has 0 bridgehead atoms. The summed E-state index contributed by atoms with van der Waals surface area (Å²) in [7, 11) is 1.36. The first-order valence-corrected chi connectivity index (χ1v) is 6.80. The zero-order valence-corrected chi connectivity index (χ0v) is 11.8. The highest BCUT2D eigenvalue weighted by molar-refractivity contribution is 5.97. The lowest BCUT2D eigenvalue weighted by atomic mass is 9.86. The fourth-order valence-corrected chi connectivity index (χ4v) is 2.30. The van der Waals surface area contributed by atoms with Gasteiger partial charge in [-0.2, -0.15) is 0 Å². The Hall–Kier alpha value is -2.10. The number of carbonyl (C=O) groups is 2. The molecule has 0 radical (unpaired) electrons. The van der Waals surface area contributed by atoms with Gasteiger partial charge in [0, 0.05) is 23.4 Å². The number of esters is 1. The summed E-state index contributed by atoms with van der Waals surface area (Å²) in [5.41, 5.74) is 2.20. The molecule has 0 spiro atoms. The van der Waals surface area contributed by atoms with Crippen LogP contribution >= 0.6 is 0 Å². The van der Waals surface area contributed by atoms with Crippen LogP contribution < -0.4 is 5.32 Å². The van der Waals surface area contributed by atoms with Crippen molar-refractivity contribution in [2.75, 3.05) is 12.4 Å². The number of hydrogen-bond acceptors (Lipinski definition) is 4. The third-order valence-corrected chi connectivity index (χ3v) is 3.57. The molecule has 0 heterocycles. The number of methoxy groups -OCH3 is 1. The van der Waals surface area contributed by atoms with E-state index in [0.29, 0.717) is 5.56 Å². The first-order valence-electron chi connectivity index (χ1n) is 6.80. The number of nitrogens with one attached hydrogen (secondary N) is 1. The van der Waals surface area contributed by atoms with Crippen LogP contribution in [0, 0.1) is 5.92 Å². The SMILES string of the molecule is COC(=O)c1ccc(N/C=C2\CCC[C@@H](C)C2=O)cc1. The van der Waals surface area contributed by atoms with Crippen molar-refractivity contribution in [3.63, 3.8) is 0 Å². The normalized spacial score (nSPS) is 20.8. The number of benzene rings is 1. The van der Waals surface area contributed by atoms with E-state index in [4.69, 9.17) is 0 Å². The number of allylic oxidation sites excluding steroid dienone is 1. The van der Waals surface area contributed by atoms with Crippen molar-refractivity contribution < 1.29 is 14.3 Å². The first kappa shape index (κ1) is 14.3. The zero-order valence-electron chi connectivity index (χ0n) is 11.8. The molecule has 2 rings (SSSR count). The second kappa shape index (κ2) is 6.37. The molecular weight excluding hydrogens is 254 g/mol. The molecule has 1 N–H and O–H groups in total. The molecule has 0 aliphatic heterocycles. The molecule has 0 amide bonds. The maximum Gasteiger partial charge on any atom is 0.337 e. The maximum atomic E-state index is 12.0. The molecule has 1 aliphatic rings. The van der Waals surface area contributed by atoms with Crippen LogP contribution in [0.4, 0.5) is 5.69 Å². The Kier molecular flexibility index (Phi) is 4.56. The molecule has 1 atom stereocenters. The lowest BCUT2D eigenvalue weighted by Gasteiger charge is -2.19. The van der Waals surface area contributed by atoms with Crippen LogP contribution in [0.15, 0.2) is 36.0 Å². The van der Waals surface area contributed by atoms with Gasteiger partial charge in [-0.25, -0.2) is 4.79 Å². The molecule has 1 aliphatic carbocycles. The Morgan fingerprint density at radius 2 is 2.05 bits per heavy atom. The summed E-state index contributed by atoms with van der Waals surface area (Å²) in [5.74, 6) is -0.000353. The molecule has 1 aromatic rings. The Bertz CT molecular complexity index is 531. The molecular formula is C16H19NO3. The van der Waals surface area contributed by atoms with Crippen molar-refractivity contribution in [2.45, 2.75) is 26.2 Å². The minimum atomic E-state index is -0.355. The van der Waals surface area contributed by atoms with E-state index in [2.05, 4.69) is 10.1 Å². The standard InChI is InChI=1S/C16H19NO3/c1-11-4-3-5-13(15(11)18)10-17-14-8-6-12(7-9-14)16(19)20-2/h6-11,17H,3-5H2,1-2H3/b13-10+/t11-/m1/s1. The van der Waals surface area contributed by atoms with Crippen LogP contribution in [0.25, 0.3) is 0 Å². The summed E-state index contributed by atoms with van der Waals surface area (Å²) in [6, 6.07) is 6.97. The predicted octanol–water partition coefficient (Wildman–Crippen LogP) is 3.16. The van der Waals surface area contributed by atoms with Crippen LogP contribution in [0.3, 0.4) is 0 Å². The zero-order chi connectivity index (χ0) is 14.5. The van der Waals surface area contributed by atoms with E-state index in [-0.39, 0.29) is 17.7 Å². The summed E-state index contributed by atoms with van der Waals surface area (Å²) in [6.45, 7) is 1.97. The highest BCUT2D eigenvalue weighted by Gasteiger charge is 2.22. The minimum Gasteiger partial charge on any atom is -0.465 e. The quantitative estimate of drug-likeness (QED) is 0.679. The summed E-state index contributed by atoms with van der Waals surface area (Å²) >= 11 is 0. The summed E-state index contributed by atoms with van der Waals surface area (Å²) in [5, 5.41) is 3.11. The largest absolute Gasteiger partial charge is 0.465 e. The lowest BCUT2D eigenvalue weighted by molar-refractivity contribution is -0.119. The van der Waals surface area contributed by atoms with Crippen molar-refractivity contribution in [3.05, 3.63) is 41.6 Å². The Morgan fingerprint density at radius 3 is 2.70 bits per heavy atom. The first-order chi connectivity index (χ1) is 9.61. The summed E-state index contributed by atoms with van der Waals surface area (Å²) < 4.78 is 4.64. The van der Waals surface area contributed by atoms with Gasteiger partial charge in [0.2, 0.25) is 0 Å². The topological polar surface area (TPSA) is 55.4 Å². The second-order valence-electron chi connectivity index (χ2n) is 5.04. The third-order valence-electron chi connectivity index (χ3n) is 3.57. The Balaban J connectivity index is 2.03. The minimum absolute atomic E-state index is 0.124. The van der Waals surface area contributed by atoms with Crippen molar-refractivity contribution >= 4 is 17.4 Å². The van der Waals surface area contributed by atoms with E-state index < -0.39 is 0 Å². The maximum absolute atomic E-state index is 12.0. The van der Waals surface area contributed by atoms with E-state index >= 15 is 0 Å². The predicted molar refractivity (Wildman–Crippen MR) is 77.5 cm³/mol. The van der Waals surface area contributed by atoms with Crippen molar-refractivity contribution in [2.24, 2.45) is 5.92 Å². The third kappa shape index (κ3) is 3.26. The molecule has 0 saturated heterocycles.